The molecule has 0 fully saturated rings. The van der Waals surface area contributed by atoms with E-state index in [4.69, 9.17) is 4.74 Å². The van der Waals surface area contributed by atoms with Gasteiger partial charge in [0, 0.05) is 39.6 Å². The Bertz CT molecular complexity index is 855. The van der Waals surface area contributed by atoms with Crippen molar-refractivity contribution < 1.29 is 19.4 Å². The first-order valence-electron chi connectivity index (χ1n) is 9.56. The molecule has 0 saturated carbocycles. The van der Waals surface area contributed by atoms with Crippen LogP contribution in [0.15, 0.2) is 22.7 Å². The number of halogens is 1. The van der Waals surface area contributed by atoms with Crippen molar-refractivity contribution in [3.63, 3.8) is 0 Å². The van der Waals surface area contributed by atoms with Crippen LogP contribution in [0.3, 0.4) is 0 Å². The van der Waals surface area contributed by atoms with Gasteiger partial charge >= 0.3 is 11.9 Å². The highest BCUT2D eigenvalue weighted by atomic mass is 79.9. The predicted molar refractivity (Wildman–Crippen MR) is 113 cm³/mol. The van der Waals surface area contributed by atoms with Crippen molar-refractivity contribution in [2.45, 2.75) is 45.6 Å². The summed E-state index contributed by atoms with van der Waals surface area (Å²) < 4.78 is 6.87. The van der Waals surface area contributed by atoms with Gasteiger partial charge in [-0.25, -0.2) is 0 Å². The molecular formula is C21H29BrN2O4. The van der Waals surface area contributed by atoms with Crippen molar-refractivity contribution in [2.75, 3.05) is 20.6 Å². The number of fused-ring (bicyclic) bond motifs is 1. The van der Waals surface area contributed by atoms with Crippen LogP contribution >= 0.6 is 15.9 Å². The monoisotopic (exact) mass is 452 g/mol. The number of nitrogens with zero attached hydrogens (tertiary/aromatic N) is 1. The number of aromatic amines is 1. The molecule has 2 rings (SSSR count). The zero-order valence-electron chi connectivity index (χ0n) is 17.1. The number of nitrogens with one attached hydrogen (secondary N) is 1. The van der Waals surface area contributed by atoms with Crippen LogP contribution in [0.5, 0.6) is 0 Å². The van der Waals surface area contributed by atoms with Gasteiger partial charge in [-0.05, 0) is 52.1 Å². The van der Waals surface area contributed by atoms with Gasteiger partial charge in [0.1, 0.15) is 5.60 Å². The fraction of sp³-hybridized carbons (Fsp3) is 0.524. The van der Waals surface area contributed by atoms with Gasteiger partial charge in [-0.1, -0.05) is 29.8 Å². The zero-order chi connectivity index (χ0) is 21.1. The van der Waals surface area contributed by atoms with Crippen LogP contribution in [-0.2, 0) is 26.3 Å². The Kier molecular flexibility index (Phi) is 7.28. The highest BCUT2D eigenvalue weighted by Gasteiger charge is 2.39. The van der Waals surface area contributed by atoms with Crippen LogP contribution in [-0.4, -0.2) is 47.6 Å². The lowest BCUT2D eigenvalue weighted by atomic mass is 9.85. The largest absolute Gasteiger partial charge is 0.481 e. The van der Waals surface area contributed by atoms with Crippen LogP contribution in [0.25, 0.3) is 10.9 Å². The lowest BCUT2D eigenvalue weighted by Gasteiger charge is -2.33. The average Bonchev–Trinajstić information content (AvgIpc) is 3.01. The van der Waals surface area contributed by atoms with E-state index >= 15 is 0 Å². The van der Waals surface area contributed by atoms with Gasteiger partial charge in [0.05, 0.1) is 0 Å². The van der Waals surface area contributed by atoms with Gasteiger partial charge in [0.2, 0.25) is 0 Å². The average molecular weight is 453 g/mol. The molecule has 0 amide bonds. The molecule has 0 spiro atoms. The van der Waals surface area contributed by atoms with E-state index in [1.165, 1.54) is 6.92 Å². The van der Waals surface area contributed by atoms with Crippen LogP contribution in [0.1, 0.15) is 44.9 Å². The molecule has 28 heavy (non-hydrogen) atoms. The van der Waals surface area contributed by atoms with Gasteiger partial charge in [0.25, 0.3) is 0 Å². The number of benzene rings is 1. The van der Waals surface area contributed by atoms with Crippen molar-refractivity contribution in [3.8, 4) is 0 Å². The molecule has 1 atom stereocenters. The lowest BCUT2D eigenvalue weighted by Crippen LogP contribution is -2.36. The summed E-state index contributed by atoms with van der Waals surface area (Å²) >= 11 is 3.53. The Morgan fingerprint density at radius 1 is 1.29 bits per heavy atom. The number of esters is 1. The number of likely N-dealkylation sites (N-methyl/N-ethyl adjacent to an activating group) is 1. The van der Waals surface area contributed by atoms with Crippen molar-refractivity contribution in [1.82, 2.24) is 9.88 Å². The number of rotatable bonds is 9. The highest BCUT2D eigenvalue weighted by molar-refractivity contribution is 9.10. The van der Waals surface area contributed by atoms with E-state index in [9.17, 15) is 14.7 Å². The van der Waals surface area contributed by atoms with Crippen molar-refractivity contribution in [1.29, 1.82) is 0 Å². The normalized spacial score (nSPS) is 13.1. The Balaban J connectivity index is 2.63. The molecule has 0 radical (unpaired) electrons. The molecule has 0 aliphatic heterocycles. The topological polar surface area (TPSA) is 82.6 Å². The number of hydrogen-bond donors (Lipinski definition) is 2. The summed E-state index contributed by atoms with van der Waals surface area (Å²) in [5.74, 6) is -3.10. The van der Waals surface area contributed by atoms with Gasteiger partial charge in [-0.2, -0.15) is 0 Å². The first-order valence-corrected chi connectivity index (χ1v) is 10.4. The molecule has 1 aromatic carbocycles. The predicted octanol–water partition coefficient (Wildman–Crippen LogP) is 4.31. The molecule has 0 bridgehead atoms. The summed E-state index contributed by atoms with van der Waals surface area (Å²) in [6, 6.07) is 5.99. The summed E-state index contributed by atoms with van der Waals surface area (Å²) in [5, 5.41) is 10.2. The zero-order valence-corrected chi connectivity index (χ0v) is 18.7. The summed E-state index contributed by atoms with van der Waals surface area (Å²) in [5.41, 5.74) is 2.05. The maximum absolute atomic E-state index is 12.6. The van der Waals surface area contributed by atoms with E-state index in [1.807, 2.05) is 46.1 Å². The third kappa shape index (κ3) is 4.58. The minimum atomic E-state index is -1.21. The summed E-state index contributed by atoms with van der Waals surface area (Å²) in [6.45, 7) is 6.13. The maximum atomic E-state index is 12.6. The number of aliphatic carboxylic acids is 1. The molecule has 2 N–H and O–H groups in total. The first kappa shape index (κ1) is 22.4. The fourth-order valence-corrected chi connectivity index (χ4v) is 3.81. The van der Waals surface area contributed by atoms with Crippen molar-refractivity contribution in [2.24, 2.45) is 5.92 Å². The molecule has 0 saturated heterocycles. The molecule has 1 unspecified atom stereocenters. The molecule has 0 aliphatic carbocycles. The van der Waals surface area contributed by atoms with E-state index in [0.29, 0.717) is 12.8 Å². The maximum Gasteiger partial charge on any atom is 0.320 e. The Labute approximate surface area is 174 Å². The minimum Gasteiger partial charge on any atom is -0.481 e. The number of carbonyl (C=O) groups excluding carboxylic acids is 1. The van der Waals surface area contributed by atoms with Gasteiger partial charge < -0.3 is 19.7 Å². The van der Waals surface area contributed by atoms with Crippen LogP contribution in [0, 0.1) is 5.92 Å². The molecule has 1 heterocycles. The van der Waals surface area contributed by atoms with Crippen LogP contribution in [0.2, 0.25) is 0 Å². The molecule has 1 aromatic heterocycles. The number of H-pyrrole nitrogens is 1. The van der Waals surface area contributed by atoms with E-state index < -0.39 is 23.5 Å². The molecule has 2 aromatic rings. The van der Waals surface area contributed by atoms with Crippen molar-refractivity contribution in [3.05, 3.63) is 33.9 Å². The second-order valence-electron chi connectivity index (χ2n) is 7.40. The number of carbonyl (C=O) groups is 2. The summed E-state index contributed by atoms with van der Waals surface area (Å²) in [6.07, 6.45) is 1.87. The quantitative estimate of drug-likeness (QED) is 0.437. The molecule has 154 valence electrons. The second kappa shape index (κ2) is 9.09. The van der Waals surface area contributed by atoms with E-state index in [0.717, 1.165) is 39.6 Å². The number of aromatic nitrogens is 1. The lowest BCUT2D eigenvalue weighted by molar-refractivity contribution is -0.171. The third-order valence-corrected chi connectivity index (χ3v) is 5.76. The van der Waals surface area contributed by atoms with E-state index in [2.05, 4.69) is 25.8 Å². The fourth-order valence-electron chi connectivity index (χ4n) is 3.44. The number of ether oxygens (including phenoxy) is 1. The van der Waals surface area contributed by atoms with Crippen LogP contribution in [0.4, 0.5) is 0 Å². The van der Waals surface area contributed by atoms with Gasteiger partial charge in [-0.15, -0.1) is 0 Å². The second-order valence-corrected chi connectivity index (χ2v) is 8.32. The standard InChI is InChI=1S/C21H29BrN2O4/c1-6-21(7-2,28-20(27)13(3)19(25)26)18-15-12-14(22)8-9-16(15)23-17(18)10-11-24(4)5/h8-9,12-13,23H,6-7,10-11H2,1-5H3,(H,25,26). The van der Waals surface area contributed by atoms with Crippen molar-refractivity contribution >= 4 is 38.8 Å². The summed E-state index contributed by atoms with van der Waals surface area (Å²) in [4.78, 5) is 29.4. The smallest absolute Gasteiger partial charge is 0.320 e. The Morgan fingerprint density at radius 3 is 2.46 bits per heavy atom. The minimum absolute atomic E-state index is 0.552. The third-order valence-electron chi connectivity index (χ3n) is 5.27. The highest BCUT2D eigenvalue weighted by Crippen LogP contribution is 2.41. The SMILES string of the molecule is CCC(CC)(OC(=O)C(C)C(=O)O)c1c(CCN(C)C)[nH]c2ccc(Br)cc12. The molecule has 7 heteroatoms. The van der Waals surface area contributed by atoms with Gasteiger partial charge in [-0.3, -0.25) is 9.59 Å². The summed E-state index contributed by atoms with van der Waals surface area (Å²) in [7, 11) is 4.03. The number of carboxylic acids is 1. The van der Waals surface area contributed by atoms with Crippen LogP contribution < -0.4 is 0 Å². The molecular weight excluding hydrogens is 424 g/mol. The number of hydrogen-bond acceptors (Lipinski definition) is 4. The Hall–Kier alpha value is -1.86. The molecule has 0 aliphatic rings. The van der Waals surface area contributed by atoms with E-state index in [1.54, 1.807) is 0 Å². The first-order chi connectivity index (χ1) is 13.1. The molecule has 6 nitrogen and oxygen atoms in total. The Morgan fingerprint density at radius 2 is 1.93 bits per heavy atom. The van der Waals surface area contributed by atoms with Gasteiger partial charge in [0.15, 0.2) is 5.92 Å². The van der Waals surface area contributed by atoms with E-state index in [-0.39, 0.29) is 0 Å². The number of carboxylic acid groups (broad SMARTS) is 1.